The minimum absolute atomic E-state index is 0.135. The third kappa shape index (κ3) is 4.62. The van der Waals surface area contributed by atoms with Gasteiger partial charge in [-0.3, -0.25) is 4.99 Å². The molecular formula is C15H19N3O4S2. The van der Waals surface area contributed by atoms with Crippen LogP contribution in [-0.4, -0.2) is 35.1 Å². The molecule has 3 N–H and O–H groups in total. The van der Waals surface area contributed by atoms with Crippen LogP contribution in [0.3, 0.4) is 0 Å². The second-order valence-electron chi connectivity index (χ2n) is 4.74. The lowest BCUT2D eigenvalue weighted by atomic mass is 10.1. The van der Waals surface area contributed by atoms with Crippen molar-refractivity contribution in [2.24, 2.45) is 10.7 Å². The molecule has 2 aromatic rings. The maximum atomic E-state index is 12.0. The van der Waals surface area contributed by atoms with E-state index >= 15 is 0 Å². The second-order valence-corrected chi connectivity index (χ2v) is 7.60. The zero-order chi connectivity index (χ0) is 17.6. The monoisotopic (exact) mass is 369 g/mol. The van der Waals surface area contributed by atoms with E-state index in [-0.39, 0.29) is 10.2 Å². The number of aliphatic imine (C=N–C) groups is 1. The first kappa shape index (κ1) is 18.1. The van der Waals surface area contributed by atoms with Crippen LogP contribution in [0.2, 0.25) is 0 Å². The van der Waals surface area contributed by atoms with Gasteiger partial charge in [0.2, 0.25) is 5.96 Å². The van der Waals surface area contributed by atoms with Crippen molar-refractivity contribution in [3.63, 3.8) is 0 Å². The minimum atomic E-state index is -3.65. The molecule has 0 amide bonds. The summed E-state index contributed by atoms with van der Waals surface area (Å²) in [6.45, 7) is 0.342. The highest BCUT2D eigenvalue weighted by atomic mass is 32.2. The highest BCUT2D eigenvalue weighted by Crippen LogP contribution is 2.27. The van der Waals surface area contributed by atoms with E-state index in [0.29, 0.717) is 24.5 Å². The number of sulfonamides is 1. The minimum Gasteiger partial charge on any atom is -0.493 e. The average molecular weight is 369 g/mol. The molecule has 0 radical (unpaired) electrons. The van der Waals surface area contributed by atoms with E-state index in [1.54, 1.807) is 31.7 Å². The van der Waals surface area contributed by atoms with Gasteiger partial charge in [0.25, 0.3) is 10.0 Å². The van der Waals surface area contributed by atoms with Crippen molar-refractivity contribution in [1.29, 1.82) is 0 Å². The number of rotatable bonds is 7. The highest BCUT2D eigenvalue weighted by molar-refractivity contribution is 7.92. The van der Waals surface area contributed by atoms with Gasteiger partial charge in [-0.15, -0.1) is 11.3 Å². The van der Waals surface area contributed by atoms with Crippen LogP contribution in [0.1, 0.15) is 5.56 Å². The Kier molecular flexibility index (Phi) is 6.04. The summed E-state index contributed by atoms with van der Waals surface area (Å²) < 4.78 is 36.9. The standard InChI is InChI=1S/C15H19N3O4S2/c1-21-12-6-5-11(10-13(12)22-2)7-8-17-15(16)18-24(19,20)14-4-3-9-23-14/h3-6,9-10H,7-8H2,1-2H3,(H3,16,17,18). The van der Waals surface area contributed by atoms with Crippen LogP contribution in [0.5, 0.6) is 11.5 Å². The molecule has 0 saturated heterocycles. The van der Waals surface area contributed by atoms with Crippen LogP contribution < -0.4 is 19.9 Å². The van der Waals surface area contributed by atoms with Crippen molar-refractivity contribution in [1.82, 2.24) is 4.72 Å². The summed E-state index contributed by atoms with van der Waals surface area (Å²) in [7, 11) is -0.516. The second kappa shape index (κ2) is 8.02. The molecule has 1 heterocycles. The number of nitrogens with one attached hydrogen (secondary N) is 1. The maximum absolute atomic E-state index is 12.0. The molecule has 2 rings (SSSR count). The predicted octanol–water partition coefficient (Wildman–Crippen LogP) is 1.60. The van der Waals surface area contributed by atoms with Crippen molar-refractivity contribution in [2.75, 3.05) is 20.8 Å². The number of ether oxygens (including phenoxy) is 2. The molecule has 24 heavy (non-hydrogen) atoms. The van der Waals surface area contributed by atoms with E-state index in [0.717, 1.165) is 16.9 Å². The molecule has 0 fully saturated rings. The molecular weight excluding hydrogens is 350 g/mol. The van der Waals surface area contributed by atoms with Crippen LogP contribution in [0.15, 0.2) is 44.9 Å². The van der Waals surface area contributed by atoms with Gasteiger partial charge in [-0.1, -0.05) is 12.1 Å². The number of guanidine groups is 1. The number of nitrogens with zero attached hydrogens (tertiary/aromatic N) is 1. The van der Waals surface area contributed by atoms with Gasteiger partial charge < -0.3 is 15.2 Å². The fraction of sp³-hybridized carbons (Fsp3) is 0.267. The maximum Gasteiger partial charge on any atom is 0.273 e. The number of methoxy groups -OCH3 is 2. The molecule has 1 aromatic heterocycles. The topological polar surface area (TPSA) is 103 Å². The van der Waals surface area contributed by atoms with Gasteiger partial charge in [0, 0.05) is 6.54 Å². The first-order valence-electron chi connectivity index (χ1n) is 7.03. The molecule has 1 aromatic carbocycles. The smallest absolute Gasteiger partial charge is 0.273 e. The number of hydrogen-bond acceptors (Lipinski definition) is 6. The van der Waals surface area contributed by atoms with Crippen molar-refractivity contribution >= 4 is 27.3 Å². The van der Waals surface area contributed by atoms with Crippen LogP contribution >= 0.6 is 11.3 Å². The van der Waals surface area contributed by atoms with E-state index in [1.807, 2.05) is 12.1 Å². The summed E-state index contributed by atoms with van der Waals surface area (Å²) in [5.74, 6) is 1.14. The normalized spacial score (nSPS) is 12.0. The summed E-state index contributed by atoms with van der Waals surface area (Å²) in [5.41, 5.74) is 6.63. The molecule has 7 nitrogen and oxygen atoms in total. The van der Waals surface area contributed by atoms with Crippen molar-refractivity contribution < 1.29 is 17.9 Å². The summed E-state index contributed by atoms with van der Waals surface area (Å²) in [6, 6.07) is 8.71. The Labute approximate surface area is 145 Å². The molecule has 130 valence electrons. The van der Waals surface area contributed by atoms with E-state index in [1.165, 1.54) is 6.07 Å². The average Bonchev–Trinajstić information content (AvgIpc) is 3.09. The van der Waals surface area contributed by atoms with Gasteiger partial charge in [0.15, 0.2) is 11.5 Å². The van der Waals surface area contributed by atoms with E-state index < -0.39 is 10.0 Å². The third-order valence-corrected chi connectivity index (χ3v) is 5.88. The van der Waals surface area contributed by atoms with Crippen molar-refractivity contribution in [2.45, 2.75) is 10.6 Å². The summed E-state index contributed by atoms with van der Waals surface area (Å²) in [6.07, 6.45) is 0.585. The molecule has 0 unspecified atom stereocenters. The van der Waals surface area contributed by atoms with Gasteiger partial charge in [0.05, 0.1) is 14.2 Å². The third-order valence-electron chi connectivity index (χ3n) is 3.13. The Morgan fingerprint density at radius 1 is 1.25 bits per heavy atom. The highest BCUT2D eigenvalue weighted by Gasteiger charge is 2.15. The molecule has 0 aliphatic carbocycles. The number of thiophene rings is 1. The van der Waals surface area contributed by atoms with Crippen LogP contribution in [-0.2, 0) is 16.4 Å². The zero-order valence-electron chi connectivity index (χ0n) is 13.4. The Balaban J connectivity index is 1.96. The summed E-state index contributed by atoms with van der Waals surface area (Å²) >= 11 is 1.11. The first-order chi connectivity index (χ1) is 11.5. The summed E-state index contributed by atoms with van der Waals surface area (Å²) in [4.78, 5) is 4.05. The van der Waals surface area contributed by atoms with Gasteiger partial charge in [-0.25, -0.2) is 13.1 Å². The van der Waals surface area contributed by atoms with E-state index in [4.69, 9.17) is 15.2 Å². The van der Waals surface area contributed by atoms with Crippen molar-refractivity contribution in [3.05, 3.63) is 41.3 Å². The molecule has 0 bridgehead atoms. The lowest BCUT2D eigenvalue weighted by Crippen LogP contribution is -2.36. The molecule has 9 heteroatoms. The van der Waals surface area contributed by atoms with Gasteiger partial charge in [0.1, 0.15) is 4.21 Å². The lowest BCUT2D eigenvalue weighted by molar-refractivity contribution is 0.354. The Morgan fingerprint density at radius 2 is 2.00 bits per heavy atom. The van der Waals surface area contributed by atoms with Gasteiger partial charge in [-0.05, 0) is 35.6 Å². The molecule has 0 saturated carbocycles. The van der Waals surface area contributed by atoms with E-state index in [2.05, 4.69) is 9.71 Å². The largest absolute Gasteiger partial charge is 0.493 e. The van der Waals surface area contributed by atoms with Crippen molar-refractivity contribution in [3.8, 4) is 11.5 Å². The van der Waals surface area contributed by atoms with Gasteiger partial charge >= 0.3 is 0 Å². The van der Waals surface area contributed by atoms with E-state index in [9.17, 15) is 8.42 Å². The lowest BCUT2D eigenvalue weighted by Gasteiger charge is -2.09. The number of hydrogen-bond donors (Lipinski definition) is 2. The first-order valence-corrected chi connectivity index (χ1v) is 9.39. The Hall–Kier alpha value is -2.26. The number of nitrogens with two attached hydrogens (primary N) is 1. The van der Waals surface area contributed by atoms with Gasteiger partial charge in [-0.2, -0.15) is 0 Å². The summed E-state index contributed by atoms with van der Waals surface area (Å²) in [5, 5.41) is 1.68. The van der Waals surface area contributed by atoms with Crippen LogP contribution in [0.25, 0.3) is 0 Å². The number of benzene rings is 1. The Bertz CT molecular complexity index is 802. The molecule has 0 spiro atoms. The molecule has 0 aliphatic heterocycles. The van der Waals surface area contributed by atoms with Crippen LogP contribution in [0, 0.1) is 0 Å². The zero-order valence-corrected chi connectivity index (χ0v) is 15.0. The predicted molar refractivity (Wildman–Crippen MR) is 94.4 cm³/mol. The molecule has 0 atom stereocenters. The fourth-order valence-electron chi connectivity index (χ4n) is 1.98. The van der Waals surface area contributed by atoms with Crippen LogP contribution in [0.4, 0.5) is 0 Å². The fourth-order valence-corrected chi connectivity index (χ4v) is 3.92. The quantitative estimate of drug-likeness (QED) is 0.570. The Morgan fingerprint density at radius 3 is 2.62 bits per heavy atom. The SMILES string of the molecule is COc1ccc(CCN=C(N)NS(=O)(=O)c2cccs2)cc1OC. The molecule has 0 aliphatic rings.